The molecule has 0 radical (unpaired) electrons. The van der Waals surface area contributed by atoms with Gasteiger partial charge in [-0.25, -0.2) is 9.78 Å². The molecule has 0 aliphatic rings. The van der Waals surface area contributed by atoms with E-state index in [4.69, 9.17) is 5.73 Å². The first-order valence-electron chi connectivity index (χ1n) is 6.36. The second kappa shape index (κ2) is 6.45. The largest absolute Gasteiger partial charge is 0.351 e. The monoisotopic (exact) mass is 304 g/mol. The number of carbonyl (C=O) groups is 2. The molecule has 3 N–H and O–H groups in total. The number of imidazole rings is 1. The highest BCUT2D eigenvalue weighted by Crippen LogP contribution is 2.27. The van der Waals surface area contributed by atoms with Gasteiger partial charge in [0.25, 0.3) is 0 Å². The number of urea groups is 1. The number of allylic oxidation sites excluding steroid dienone is 1. The molecule has 0 bridgehead atoms. The van der Waals surface area contributed by atoms with E-state index in [1.165, 1.54) is 11.8 Å². The lowest BCUT2D eigenvalue weighted by atomic mass is 10.3. The van der Waals surface area contributed by atoms with E-state index in [-0.39, 0.29) is 0 Å². The maximum Gasteiger partial charge on any atom is 0.318 e. The summed E-state index contributed by atoms with van der Waals surface area (Å²) in [5, 5.41) is 2.28. The van der Waals surface area contributed by atoms with Crippen LogP contribution in [0, 0.1) is 0 Å². The SMILES string of the molecule is C=CCn1c(S[C@@H](C)C(=O)NC(N)=O)nc2ccccc21. The van der Waals surface area contributed by atoms with E-state index in [0.717, 1.165) is 11.0 Å². The van der Waals surface area contributed by atoms with Gasteiger partial charge in [0.2, 0.25) is 5.91 Å². The van der Waals surface area contributed by atoms with Crippen molar-refractivity contribution >= 4 is 34.7 Å². The van der Waals surface area contributed by atoms with Crippen molar-refractivity contribution in [3.05, 3.63) is 36.9 Å². The predicted octanol–water partition coefficient (Wildman–Crippen LogP) is 1.90. The Kier molecular flexibility index (Phi) is 4.64. The second-order valence-electron chi connectivity index (χ2n) is 4.40. The molecule has 0 saturated heterocycles. The molecule has 0 saturated carbocycles. The van der Waals surface area contributed by atoms with Crippen LogP contribution in [0.2, 0.25) is 0 Å². The molecule has 0 fully saturated rings. The summed E-state index contributed by atoms with van der Waals surface area (Å²) in [5.74, 6) is -0.440. The van der Waals surface area contributed by atoms with Crippen molar-refractivity contribution in [2.75, 3.05) is 0 Å². The number of hydrogen-bond donors (Lipinski definition) is 2. The molecule has 2 aromatic rings. The van der Waals surface area contributed by atoms with Crippen LogP contribution in [0.3, 0.4) is 0 Å². The zero-order valence-corrected chi connectivity index (χ0v) is 12.4. The first kappa shape index (κ1) is 15.1. The van der Waals surface area contributed by atoms with Gasteiger partial charge < -0.3 is 10.3 Å². The summed E-state index contributed by atoms with van der Waals surface area (Å²) in [6.07, 6.45) is 1.77. The molecule has 6 nitrogen and oxygen atoms in total. The zero-order chi connectivity index (χ0) is 15.4. The minimum Gasteiger partial charge on any atom is -0.351 e. The normalized spacial score (nSPS) is 12.0. The molecule has 0 aliphatic carbocycles. The lowest BCUT2D eigenvalue weighted by Crippen LogP contribution is -2.39. The Morgan fingerprint density at radius 2 is 2.24 bits per heavy atom. The Morgan fingerprint density at radius 3 is 2.90 bits per heavy atom. The van der Waals surface area contributed by atoms with Gasteiger partial charge in [-0.3, -0.25) is 10.1 Å². The number of amides is 3. The molecule has 0 unspecified atom stereocenters. The van der Waals surface area contributed by atoms with E-state index in [2.05, 4.69) is 16.9 Å². The number of primary amides is 1. The first-order valence-corrected chi connectivity index (χ1v) is 7.24. The number of fused-ring (bicyclic) bond motifs is 1. The lowest BCUT2D eigenvalue weighted by Gasteiger charge is -2.11. The van der Waals surface area contributed by atoms with Gasteiger partial charge in [-0.1, -0.05) is 30.0 Å². The quantitative estimate of drug-likeness (QED) is 0.652. The molecule has 1 aromatic heterocycles. The van der Waals surface area contributed by atoms with Gasteiger partial charge in [-0.05, 0) is 19.1 Å². The van der Waals surface area contributed by atoms with Gasteiger partial charge in [-0.15, -0.1) is 6.58 Å². The van der Waals surface area contributed by atoms with Crippen LogP contribution in [0.5, 0.6) is 0 Å². The summed E-state index contributed by atoms with van der Waals surface area (Å²) in [7, 11) is 0. The second-order valence-corrected chi connectivity index (χ2v) is 5.70. The average Bonchev–Trinajstić information content (AvgIpc) is 2.76. The highest BCUT2D eigenvalue weighted by molar-refractivity contribution is 8.00. The van der Waals surface area contributed by atoms with Crippen molar-refractivity contribution < 1.29 is 9.59 Å². The van der Waals surface area contributed by atoms with Crippen molar-refractivity contribution in [1.82, 2.24) is 14.9 Å². The molecule has 1 aromatic carbocycles. The first-order chi connectivity index (χ1) is 10.0. The van der Waals surface area contributed by atoms with Crippen LogP contribution in [0.25, 0.3) is 11.0 Å². The number of thioether (sulfide) groups is 1. The Balaban J connectivity index is 2.28. The van der Waals surface area contributed by atoms with Crippen molar-refractivity contribution in [2.45, 2.75) is 23.9 Å². The number of benzene rings is 1. The van der Waals surface area contributed by atoms with Crippen LogP contribution in [0.15, 0.2) is 42.1 Å². The summed E-state index contributed by atoms with van der Waals surface area (Å²) in [4.78, 5) is 27.0. The Morgan fingerprint density at radius 1 is 1.52 bits per heavy atom. The number of para-hydroxylation sites is 2. The third-order valence-corrected chi connectivity index (χ3v) is 3.92. The molecule has 110 valence electrons. The fraction of sp³-hybridized carbons (Fsp3) is 0.214. The van der Waals surface area contributed by atoms with Crippen molar-refractivity contribution in [2.24, 2.45) is 5.73 Å². The summed E-state index contributed by atoms with van der Waals surface area (Å²) < 4.78 is 1.97. The fourth-order valence-corrected chi connectivity index (χ4v) is 2.82. The summed E-state index contributed by atoms with van der Waals surface area (Å²) in [5.41, 5.74) is 6.77. The van der Waals surface area contributed by atoms with Gasteiger partial charge in [0.15, 0.2) is 5.16 Å². The van der Waals surface area contributed by atoms with Crippen LogP contribution in [-0.4, -0.2) is 26.7 Å². The van der Waals surface area contributed by atoms with E-state index in [1.54, 1.807) is 13.0 Å². The Labute approximate surface area is 126 Å². The molecule has 7 heteroatoms. The topological polar surface area (TPSA) is 90.0 Å². The molecule has 2 rings (SSSR count). The van der Waals surface area contributed by atoms with Crippen LogP contribution in [0.4, 0.5) is 4.79 Å². The van der Waals surface area contributed by atoms with Gasteiger partial charge in [0, 0.05) is 6.54 Å². The number of nitrogens with one attached hydrogen (secondary N) is 1. The average molecular weight is 304 g/mol. The molecule has 0 spiro atoms. The van der Waals surface area contributed by atoms with Crippen LogP contribution < -0.4 is 11.1 Å². The minimum absolute atomic E-state index is 0.440. The van der Waals surface area contributed by atoms with Gasteiger partial charge in [-0.2, -0.15) is 0 Å². The lowest BCUT2D eigenvalue weighted by molar-refractivity contribution is -0.119. The maximum absolute atomic E-state index is 11.8. The van der Waals surface area contributed by atoms with Gasteiger partial charge in [0.05, 0.1) is 16.3 Å². The Hall–Kier alpha value is -2.28. The smallest absolute Gasteiger partial charge is 0.318 e. The molecular weight excluding hydrogens is 288 g/mol. The molecule has 3 amide bonds. The number of hydrogen-bond acceptors (Lipinski definition) is 4. The molecule has 0 aliphatic heterocycles. The number of aromatic nitrogens is 2. The van der Waals surface area contributed by atoms with Gasteiger partial charge >= 0.3 is 6.03 Å². The standard InChI is InChI=1S/C14H16N4O2S/c1-3-8-18-11-7-5-4-6-10(11)16-14(18)21-9(2)12(19)17-13(15)20/h3-7,9H,1,8H2,2H3,(H3,15,17,19,20)/t9-/m0/s1. The van der Waals surface area contributed by atoms with E-state index >= 15 is 0 Å². The zero-order valence-electron chi connectivity index (χ0n) is 11.6. The number of nitrogens with zero attached hydrogens (tertiary/aromatic N) is 2. The van der Waals surface area contributed by atoms with Crippen LogP contribution in [0.1, 0.15) is 6.92 Å². The van der Waals surface area contributed by atoms with Crippen molar-refractivity contribution in [3.8, 4) is 0 Å². The molecular formula is C14H16N4O2S. The minimum atomic E-state index is -0.855. The van der Waals surface area contributed by atoms with Crippen molar-refractivity contribution in [3.63, 3.8) is 0 Å². The van der Waals surface area contributed by atoms with E-state index in [0.29, 0.717) is 11.7 Å². The maximum atomic E-state index is 11.8. The summed E-state index contributed by atoms with van der Waals surface area (Å²) >= 11 is 1.27. The highest BCUT2D eigenvalue weighted by atomic mass is 32.2. The van der Waals surface area contributed by atoms with E-state index in [1.807, 2.05) is 28.8 Å². The highest BCUT2D eigenvalue weighted by Gasteiger charge is 2.19. The number of imide groups is 1. The number of rotatable bonds is 5. The molecule has 1 heterocycles. The number of carbonyl (C=O) groups excluding carboxylic acids is 2. The third kappa shape index (κ3) is 3.43. The van der Waals surface area contributed by atoms with Crippen LogP contribution >= 0.6 is 11.8 Å². The third-order valence-electron chi connectivity index (χ3n) is 2.83. The fourth-order valence-electron chi connectivity index (χ4n) is 1.88. The van der Waals surface area contributed by atoms with Crippen LogP contribution in [-0.2, 0) is 11.3 Å². The van der Waals surface area contributed by atoms with Gasteiger partial charge in [0.1, 0.15) is 0 Å². The van der Waals surface area contributed by atoms with E-state index < -0.39 is 17.2 Å². The summed E-state index contributed by atoms with van der Waals surface area (Å²) in [6.45, 7) is 6.02. The molecule has 1 atom stereocenters. The predicted molar refractivity (Wildman–Crippen MR) is 83.0 cm³/mol. The molecule has 21 heavy (non-hydrogen) atoms. The number of nitrogens with two attached hydrogens (primary N) is 1. The Bertz CT molecular complexity index is 695. The van der Waals surface area contributed by atoms with E-state index in [9.17, 15) is 9.59 Å². The van der Waals surface area contributed by atoms with Crippen molar-refractivity contribution in [1.29, 1.82) is 0 Å². The summed E-state index contributed by atoms with van der Waals surface area (Å²) in [6, 6.07) is 6.86.